The molecule has 0 atom stereocenters. The smallest absolute Gasteiger partial charge is 0.227 e. The summed E-state index contributed by atoms with van der Waals surface area (Å²) in [6.07, 6.45) is 4.98. The zero-order valence-electron chi connectivity index (χ0n) is 10.9. The Bertz CT molecular complexity index is 323. The Kier molecular flexibility index (Phi) is 7.18. The number of amides is 1. The molecule has 1 aromatic heterocycles. The SMILES string of the molecule is CC.CC.CN1C(=O)CCc2ccncc21. The number of aryl methyl sites for hydroxylation is 1. The van der Waals surface area contributed by atoms with E-state index in [2.05, 4.69) is 4.98 Å². The van der Waals surface area contributed by atoms with E-state index in [1.54, 1.807) is 24.3 Å². The number of aromatic nitrogens is 1. The highest BCUT2D eigenvalue weighted by atomic mass is 16.2. The molecule has 3 nitrogen and oxygen atoms in total. The van der Waals surface area contributed by atoms with E-state index in [9.17, 15) is 4.79 Å². The molecule has 0 fully saturated rings. The summed E-state index contributed by atoms with van der Waals surface area (Å²) in [6, 6.07) is 1.97. The lowest BCUT2D eigenvalue weighted by molar-refractivity contribution is -0.118. The van der Waals surface area contributed by atoms with Crippen molar-refractivity contribution in [1.82, 2.24) is 4.98 Å². The number of hydrogen-bond acceptors (Lipinski definition) is 2. The topological polar surface area (TPSA) is 33.2 Å². The monoisotopic (exact) mass is 222 g/mol. The molecule has 2 rings (SSSR count). The Morgan fingerprint density at radius 2 is 1.81 bits per heavy atom. The maximum Gasteiger partial charge on any atom is 0.227 e. The van der Waals surface area contributed by atoms with Crippen molar-refractivity contribution in [2.45, 2.75) is 40.5 Å². The fourth-order valence-electron chi connectivity index (χ4n) is 1.47. The normalized spacial score (nSPS) is 12.8. The van der Waals surface area contributed by atoms with Crippen LogP contribution in [0.4, 0.5) is 5.69 Å². The lowest BCUT2D eigenvalue weighted by atomic mass is 10.0. The van der Waals surface area contributed by atoms with Gasteiger partial charge in [-0.2, -0.15) is 0 Å². The van der Waals surface area contributed by atoms with Gasteiger partial charge in [-0.15, -0.1) is 0 Å². The molecule has 90 valence electrons. The summed E-state index contributed by atoms with van der Waals surface area (Å²) in [6.45, 7) is 8.00. The van der Waals surface area contributed by atoms with Crippen LogP contribution in [0.15, 0.2) is 18.5 Å². The van der Waals surface area contributed by atoms with Gasteiger partial charge in [-0.1, -0.05) is 27.7 Å². The molecule has 0 saturated heterocycles. The second-order valence-electron chi connectivity index (χ2n) is 2.96. The number of rotatable bonds is 0. The standard InChI is InChI=1S/C9H10N2O.2C2H6/c1-11-8-6-10-5-4-7(8)2-3-9(11)12;2*1-2/h4-6H,2-3H2,1H3;2*1-2H3. The third-order valence-corrected chi connectivity index (χ3v) is 2.23. The zero-order chi connectivity index (χ0) is 12.6. The first-order valence-corrected chi connectivity index (χ1v) is 5.98. The first-order chi connectivity index (χ1) is 7.79. The van der Waals surface area contributed by atoms with Gasteiger partial charge in [0, 0.05) is 19.7 Å². The Labute approximate surface area is 98.5 Å². The molecular formula is C13H22N2O. The molecule has 1 amide bonds. The third-order valence-electron chi connectivity index (χ3n) is 2.23. The Morgan fingerprint density at radius 3 is 2.44 bits per heavy atom. The van der Waals surface area contributed by atoms with Gasteiger partial charge in [0.1, 0.15) is 0 Å². The van der Waals surface area contributed by atoms with Crippen molar-refractivity contribution < 1.29 is 4.79 Å². The largest absolute Gasteiger partial charge is 0.314 e. The van der Waals surface area contributed by atoms with Gasteiger partial charge in [-0.05, 0) is 18.1 Å². The van der Waals surface area contributed by atoms with Crippen molar-refractivity contribution in [3.8, 4) is 0 Å². The van der Waals surface area contributed by atoms with Crippen LogP contribution in [0.25, 0.3) is 0 Å². The molecular weight excluding hydrogens is 200 g/mol. The van der Waals surface area contributed by atoms with Crippen LogP contribution >= 0.6 is 0 Å². The molecule has 0 spiro atoms. The number of fused-ring (bicyclic) bond motifs is 1. The van der Waals surface area contributed by atoms with E-state index in [0.29, 0.717) is 6.42 Å². The Balaban J connectivity index is 0.000000509. The molecule has 1 aliphatic rings. The Hall–Kier alpha value is -1.38. The van der Waals surface area contributed by atoms with E-state index in [-0.39, 0.29) is 5.91 Å². The zero-order valence-corrected chi connectivity index (χ0v) is 10.9. The van der Waals surface area contributed by atoms with Crippen molar-refractivity contribution in [3.63, 3.8) is 0 Å². The van der Waals surface area contributed by atoms with Gasteiger partial charge in [0.05, 0.1) is 11.9 Å². The van der Waals surface area contributed by atoms with Crippen LogP contribution in [-0.4, -0.2) is 17.9 Å². The number of nitrogens with zero attached hydrogens (tertiary/aromatic N) is 2. The number of pyridine rings is 1. The molecule has 1 aromatic rings. The van der Waals surface area contributed by atoms with Crippen LogP contribution in [0.1, 0.15) is 39.7 Å². The summed E-state index contributed by atoms with van der Waals surface area (Å²) in [5.74, 6) is 0.176. The summed E-state index contributed by atoms with van der Waals surface area (Å²) in [4.78, 5) is 16.9. The summed E-state index contributed by atoms with van der Waals surface area (Å²) in [5.41, 5.74) is 2.17. The van der Waals surface area contributed by atoms with Crippen LogP contribution in [0.2, 0.25) is 0 Å². The van der Waals surface area contributed by atoms with Crippen molar-refractivity contribution >= 4 is 11.6 Å². The van der Waals surface area contributed by atoms with Gasteiger partial charge in [0.2, 0.25) is 5.91 Å². The van der Waals surface area contributed by atoms with Crippen LogP contribution in [-0.2, 0) is 11.2 Å². The molecule has 16 heavy (non-hydrogen) atoms. The summed E-state index contributed by atoms with van der Waals surface area (Å²) in [7, 11) is 1.79. The molecule has 0 aliphatic carbocycles. The molecule has 1 aliphatic heterocycles. The van der Waals surface area contributed by atoms with Gasteiger partial charge in [-0.25, -0.2) is 0 Å². The van der Waals surface area contributed by atoms with E-state index in [1.807, 2.05) is 33.8 Å². The summed E-state index contributed by atoms with van der Waals surface area (Å²) in [5, 5.41) is 0. The Morgan fingerprint density at radius 1 is 1.19 bits per heavy atom. The minimum absolute atomic E-state index is 0.176. The minimum Gasteiger partial charge on any atom is -0.314 e. The number of carbonyl (C=O) groups excluding carboxylic acids is 1. The molecule has 0 saturated carbocycles. The molecule has 0 aromatic carbocycles. The average Bonchev–Trinajstić information content (AvgIpc) is 2.39. The van der Waals surface area contributed by atoms with E-state index >= 15 is 0 Å². The second kappa shape index (κ2) is 7.85. The number of hydrogen-bond donors (Lipinski definition) is 0. The van der Waals surface area contributed by atoms with E-state index < -0.39 is 0 Å². The highest BCUT2D eigenvalue weighted by Crippen LogP contribution is 2.24. The molecule has 3 heteroatoms. The summed E-state index contributed by atoms with van der Waals surface area (Å²) < 4.78 is 0. The van der Waals surface area contributed by atoms with Gasteiger partial charge in [0.15, 0.2) is 0 Å². The van der Waals surface area contributed by atoms with Crippen molar-refractivity contribution in [2.75, 3.05) is 11.9 Å². The maximum atomic E-state index is 11.3. The number of anilines is 1. The summed E-state index contributed by atoms with van der Waals surface area (Å²) >= 11 is 0. The van der Waals surface area contributed by atoms with Crippen molar-refractivity contribution in [3.05, 3.63) is 24.0 Å². The maximum absolute atomic E-state index is 11.3. The quantitative estimate of drug-likeness (QED) is 0.676. The van der Waals surface area contributed by atoms with Gasteiger partial charge in [0.25, 0.3) is 0 Å². The average molecular weight is 222 g/mol. The molecule has 0 N–H and O–H groups in total. The van der Waals surface area contributed by atoms with Crippen molar-refractivity contribution in [1.29, 1.82) is 0 Å². The minimum atomic E-state index is 0.176. The van der Waals surface area contributed by atoms with Crippen LogP contribution in [0.5, 0.6) is 0 Å². The van der Waals surface area contributed by atoms with Gasteiger partial charge >= 0.3 is 0 Å². The predicted molar refractivity (Wildman–Crippen MR) is 68.7 cm³/mol. The third kappa shape index (κ3) is 3.33. The first kappa shape index (κ1) is 14.6. The second-order valence-corrected chi connectivity index (χ2v) is 2.96. The molecule has 2 heterocycles. The molecule has 0 radical (unpaired) electrons. The lowest BCUT2D eigenvalue weighted by Crippen LogP contribution is -2.31. The first-order valence-electron chi connectivity index (χ1n) is 5.98. The van der Waals surface area contributed by atoms with E-state index in [4.69, 9.17) is 0 Å². The van der Waals surface area contributed by atoms with Crippen LogP contribution in [0.3, 0.4) is 0 Å². The fourth-order valence-corrected chi connectivity index (χ4v) is 1.47. The van der Waals surface area contributed by atoms with E-state index in [0.717, 1.165) is 12.1 Å². The highest BCUT2D eigenvalue weighted by Gasteiger charge is 2.19. The lowest BCUT2D eigenvalue weighted by Gasteiger charge is -2.24. The predicted octanol–water partition coefficient (Wildman–Crippen LogP) is 3.04. The number of carbonyl (C=O) groups is 1. The fraction of sp³-hybridized carbons (Fsp3) is 0.538. The van der Waals surface area contributed by atoms with Crippen LogP contribution < -0.4 is 4.90 Å². The van der Waals surface area contributed by atoms with E-state index in [1.165, 1.54) is 5.56 Å². The molecule has 0 bridgehead atoms. The van der Waals surface area contributed by atoms with Gasteiger partial charge < -0.3 is 4.90 Å². The van der Waals surface area contributed by atoms with Crippen LogP contribution in [0, 0.1) is 0 Å². The highest BCUT2D eigenvalue weighted by molar-refractivity contribution is 5.95. The molecule has 0 unspecified atom stereocenters. The van der Waals surface area contributed by atoms with Gasteiger partial charge in [-0.3, -0.25) is 9.78 Å². The van der Waals surface area contributed by atoms with Crippen molar-refractivity contribution in [2.24, 2.45) is 0 Å².